The van der Waals surface area contributed by atoms with E-state index in [-0.39, 0.29) is 48.7 Å². The molecule has 0 radical (unpaired) electrons. The average Bonchev–Trinajstić information content (AvgIpc) is 2.66. The van der Waals surface area contributed by atoms with Crippen molar-refractivity contribution in [2.24, 2.45) is 0 Å². The predicted molar refractivity (Wildman–Crippen MR) is 88.3 cm³/mol. The molecular formula is C14H29F2GeN3Zr. The summed E-state index contributed by atoms with van der Waals surface area (Å²) in [6.07, 6.45) is 6.39. The van der Waals surface area contributed by atoms with Gasteiger partial charge in [-0.25, -0.2) is 0 Å². The molecule has 0 unspecified atom stereocenters. The molecule has 0 aromatic carbocycles. The number of allylic oxidation sites excluding steroid dienone is 4. The van der Waals surface area contributed by atoms with Gasteiger partial charge < -0.3 is 17.2 Å². The van der Waals surface area contributed by atoms with E-state index in [4.69, 9.17) is 17.2 Å². The van der Waals surface area contributed by atoms with E-state index in [0.717, 1.165) is 0 Å². The molecule has 0 heterocycles. The number of hydrogen-bond donors (Lipinski definition) is 0. The molecule has 7 heteroatoms. The summed E-state index contributed by atoms with van der Waals surface area (Å²) in [5.74, 6) is 0. The minimum atomic E-state index is -3.91. The SMILES string of the molecule is CC(C)[NH-].CC(C)[NH-].CC(C)[NH-].[F][GeH]([F])[C]1=[C-]CC=C1.[Zr+4]. The van der Waals surface area contributed by atoms with Crippen LogP contribution in [0.25, 0.3) is 17.2 Å². The fraction of sp³-hybridized carbons (Fsp3) is 0.714. The Labute approximate surface area is 154 Å². The zero-order valence-corrected chi connectivity index (χ0v) is 18.8. The molecule has 122 valence electrons. The van der Waals surface area contributed by atoms with Crippen molar-refractivity contribution in [3.8, 4) is 0 Å². The first kappa shape index (κ1) is 29.6. The van der Waals surface area contributed by atoms with Gasteiger partial charge in [-0.05, 0) is 0 Å². The van der Waals surface area contributed by atoms with Crippen molar-refractivity contribution in [2.45, 2.75) is 66.1 Å². The Morgan fingerprint density at radius 1 is 0.952 bits per heavy atom. The predicted octanol–water partition coefficient (Wildman–Crippen LogP) is 5.71. The summed E-state index contributed by atoms with van der Waals surface area (Å²) >= 11 is -3.91. The maximum absolute atomic E-state index is 11.8. The summed E-state index contributed by atoms with van der Waals surface area (Å²) in [5.41, 5.74) is 19.8. The van der Waals surface area contributed by atoms with Crippen molar-refractivity contribution in [2.75, 3.05) is 0 Å². The zero-order valence-electron chi connectivity index (χ0n) is 13.9. The van der Waals surface area contributed by atoms with Gasteiger partial charge in [-0.1, -0.05) is 41.5 Å². The van der Waals surface area contributed by atoms with Gasteiger partial charge in [0.2, 0.25) is 0 Å². The van der Waals surface area contributed by atoms with E-state index < -0.39 is 15.3 Å². The van der Waals surface area contributed by atoms with E-state index in [9.17, 15) is 7.00 Å². The second-order valence-electron chi connectivity index (χ2n) is 5.00. The molecule has 0 atom stereocenters. The quantitative estimate of drug-likeness (QED) is 0.369. The van der Waals surface area contributed by atoms with E-state index in [1.165, 1.54) is 6.08 Å². The number of nitrogens with one attached hydrogen (secondary N) is 3. The van der Waals surface area contributed by atoms with Crippen LogP contribution in [-0.2, 0) is 26.2 Å². The van der Waals surface area contributed by atoms with Crippen LogP contribution in [-0.4, -0.2) is 33.4 Å². The summed E-state index contributed by atoms with van der Waals surface area (Å²) < 4.78 is 23.8. The molecule has 0 fully saturated rings. The van der Waals surface area contributed by atoms with Crippen molar-refractivity contribution < 1.29 is 33.2 Å². The molecule has 0 aromatic heterocycles. The van der Waals surface area contributed by atoms with Crippen molar-refractivity contribution >= 4 is 15.3 Å². The first-order chi connectivity index (χ1) is 9.00. The van der Waals surface area contributed by atoms with Crippen molar-refractivity contribution in [1.82, 2.24) is 0 Å². The van der Waals surface area contributed by atoms with Gasteiger partial charge in [-0.15, -0.1) is 18.1 Å². The second-order valence-corrected chi connectivity index (χ2v) is 7.57. The Morgan fingerprint density at radius 2 is 1.24 bits per heavy atom. The third-order valence-corrected chi connectivity index (χ3v) is 2.78. The molecule has 0 amide bonds. The number of halogens is 2. The Hall–Kier alpha value is 0.646. The maximum atomic E-state index is 11.8. The van der Waals surface area contributed by atoms with Crippen LogP contribution in [0, 0.1) is 6.08 Å². The van der Waals surface area contributed by atoms with Crippen LogP contribution >= 0.6 is 0 Å². The summed E-state index contributed by atoms with van der Waals surface area (Å²) in [7, 11) is 0. The largest absolute Gasteiger partial charge is 4.00 e. The smallest absolute Gasteiger partial charge is 4.00 e. The molecule has 3 nitrogen and oxygen atoms in total. The van der Waals surface area contributed by atoms with Gasteiger partial charge in [0.1, 0.15) is 0 Å². The Morgan fingerprint density at radius 3 is 1.33 bits per heavy atom. The number of rotatable bonds is 1. The molecule has 21 heavy (non-hydrogen) atoms. The van der Waals surface area contributed by atoms with Crippen LogP contribution < -0.4 is 0 Å². The van der Waals surface area contributed by atoms with Crippen molar-refractivity contribution in [3.63, 3.8) is 0 Å². The van der Waals surface area contributed by atoms with Gasteiger partial charge >= 0.3 is 77.5 Å². The van der Waals surface area contributed by atoms with Crippen LogP contribution in [0.3, 0.4) is 0 Å². The van der Waals surface area contributed by atoms with E-state index in [0.29, 0.717) is 6.42 Å². The fourth-order valence-corrected chi connectivity index (χ4v) is 1.73. The molecule has 1 aliphatic carbocycles. The van der Waals surface area contributed by atoms with E-state index in [1.807, 2.05) is 41.5 Å². The first-order valence-electron chi connectivity index (χ1n) is 6.69. The van der Waals surface area contributed by atoms with Crippen molar-refractivity contribution in [3.05, 3.63) is 39.8 Å². The van der Waals surface area contributed by atoms with Gasteiger partial charge in [0.15, 0.2) is 0 Å². The number of hydrogen-bond acceptors (Lipinski definition) is 0. The molecule has 3 N–H and O–H groups in total. The molecule has 1 rings (SSSR count). The second kappa shape index (κ2) is 20.6. The van der Waals surface area contributed by atoms with Crippen LogP contribution in [0.4, 0.5) is 7.00 Å². The zero-order chi connectivity index (χ0) is 16.7. The third-order valence-electron chi connectivity index (χ3n) is 0.957. The van der Waals surface area contributed by atoms with Gasteiger partial charge in [0, 0.05) is 0 Å². The normalized spacial score (nSPS) is 11.9. The minimum Gasteiger partial charge on any atom is 4.00 e. The van der Waals surface area contributed by atoms with Gasteiger partial charge in [-0.3, -0.25) is 0 Å². The van der Waals surface area contributed by atoms with E-state index in [2.05, 4.69) is 6.08 Å². The summed E-state index contributed by atoms with van der Waals surface area (Å²) in [5, 5.41) is 0. The van der Waals surface area contributed by atoms with Gasteiger partial charge in [-0.2, -0.15) is 0 Å². The molecule has 0 saturated heterocycles. The Balaban J connectivity index is -0.0000000973. The van der Waals surface area contributed by atoms with E-state index >= 15 is 0 Å². The minimum absolute atomic E-state index is 0. The molecule has 0 aliphatic heterocycles. The van der Waals surface area contributed by atoms with Crippen LogP contribution in [0.15, 0.2) is 16.6 Å². The Bertz CT molecular complexity index is 236. The summed E-state index contributed by atoms with van der Waals surface area (Å²) in [6, 6.07) is 0.250. The van der Waals surface area contributed by atoms with Gasteiger partial charge in [0.25, 0.3) is 0 Å². The molecule has 1 aliphatic rings. The summed E-state index contributed by atoms with van der Waals surface area (Å²) in [4.78, 5) is 0. The molecule has 0 aromatic rings. The maximum Gasteiger partial charge on any atom is 4.00 e. The topological polar surface area (TPSA) is 71.4 Å². The van der Waals surface area contributed by atoms with Gasteiger partial charge in [0.05, 0.1) is 0 Å². The van der Waals surface area contributed by atoms with Crippen LogP contribution in [0.2, 0.25) is 0 Å². The molecule has 0 saturated carbocycles. The molecule has 0 spiro atoms. The van der Waals surface area contributed by atoms with Crippen LogP contribution in [0.1, 0.15) is 48.0 Å². The molecular weight excluding hydrogens is 412 g/mol. The standard InChI is InChI=1S/C5H5F2Ge.3C3H8N.Zr/c6-8(7)5-3-1-2-4-5;3*1-3(2)4;/h1,3,8H,2H2;3*3-4H,1-2H3;/q4*-1;+4. The summed E-state index contributed by atoms with van der Waals surface area (Å²) in [6.45, 7) is 11.0. The van der Waals surface area contributed by atoms with E-state index in [1.54, 1.807) is 6.08 Å². The van der Waals surface area contributed by atoms with Crippen molar-refractivity contribution in [1.29, 1.82) is 0 Å². The first-order valence-corrected chi connectivity index (χ1v) is 9.73. The average molecular weight is 441 g/mol. The molecule has 0 bridgehead atoms. The monoisotopic (exact) mass is 441 g/mol. The third kappa shape index (κ3) is 52.9. The fourth-order valence-electron chi connectivity index (χ4n) is 0.571. The van der Waals surface area contributed by atoms with Crippen LogP contribution in [0.5, 0.6) is 0 Å². The Kier molecular flexibility index (Phi) is 29.1.